The predicted octanol–water partition coefficient (Wildman–Crippen LogP) is 2.29. The Bertz CT molecular complexity index is 271. The highest BCUT2D eigenvalue weighted by Gasteiger charge is 2.29. The van der Waals surface area contributed by atoms with E-state index in [1.165, 1.54) is 0 Å². The van der Waals surface area contributed by atoms with Crippen LogP contribution in [0.3, 0.4) is 0 Å². The number of hydrogen-bond acceptors (Lipinski definition) is 2. The van der Waals surface area contributed by atoms with Crippen molar-refractivity contribution in [2.45, 2.75) is 58.1 Å². The van der Waals surface area contributed by atoms with Crippen LogP contribution >= 0.6 is 0 Å². The van der Waals surface area contributed by atoms with E-state index in [0.717, 1.165) is 57.1 Å². The molecule has 4 nitrogen and oxygen atoms in total. The first-order valence-corrected chi connectivity index (χ1v) is 7.33. The van der Waals surface area contributed by atoms with Crippen LogP contribution in [0.1, 0.15) is 46.0 Å². The van der Waals surface area contributed by atoms with Crippen LogP contribution < -0.4 is 10.6 Å². The van der Waals surface area contributed by atoms with Crippen molar-refractivity contribution in [2.24, 2.45) is 11.8 Å². The van der Waals surface area contributed by atoms with E-state index in [-0.39, 0.29) is 6.03 Å². The molecule has 0 aromatic rings. The van der Waals surface area contributed by atoms with Crippen LogP contribution in [-0.2, 0) is 4.74 Å². The molecule has 2 aliphatic carbocycles. The van der Waals surface area contributed by atoms with E-state index in [9.17, 15) is 4.79 Å². The lowest BCUT2D eigenvalue weighted by atomic mass is 9.80. The maximum atomic E-state index is 11.6. The average molecular weight is 254 g/mol. The number of urea groups is 1. The third-order valence-electron chi connectivity index (χ3n) is 4.14. The zero-order chi connectivity index (χ0) is 13.0. The van der Waals surface area contributed by atoms with Gasteiger partial charge in [0, 0.05) is 19.2 Å². The van der Waals surface area contributed by atoms with E-state index in [1.807, 2.05) is 6.92 Å². The summed E-state index contributed by atoms with van der Waals surface area (Å²) in [7, 11) is 0. The van der Waals surface area contributed by atoms with Crippen molar-refractivity contribution in [3.63, 3.8) is 0 Å². The molecule has 2 saturated carbocycles. The molecule has 0 aliphatic heterocycles. The van der Waals surface area contributed by atoms with Crippen molar-refractivity contribution in [1.29, 1.82) is 0 Å². The van der Waals surface area contributed by atoms with Gasteiger partial charge in [0.2, 0.25) is 0 Å². The molecule has 2 amide bonds. The number of ether oxygens (including phenoxy) is 1. The first kappa shape index (κ1) is 13.7. The van der Waals surface area contributed by atoms with Crippen LogP contribution in [-0.4, -0.2) is 31.3 Å². The SMILES string of the molecule is CCOC1CC(CCNC(=O)NC2CC(C)C2)C1. The molecule has 0 spiro atoms. The van der Waals surface area contributed by atoms with Crippen LogP contribution in [0.2, 0.25) is 0 Å². The Morgan fingerprint density at radius 2 is 2.00 bits per heavy atom. The lowest BCUT2D eigenvalue weighted by molar-refractivity contribution is -0.0261. The Kier molecular flexibility index (Phi) is 4.87. The maximum absolute atomic E-state index is 11.6. The Hall–Kier alpha value is -0.770. The van der Waals surface area contributed by atoms with Crippen molar-refractivity contribution >= 4 is 6.03 Å². The average Bonchev–Trinajstić information content (AvgIpc) is 2.23. The zero-order valence-corrected chi connectivity index (χ0v) is 11.6. The van der Waals surface area contributed by atoms with Gasteiger partial charge in [0.05, 0.1) is 6.10 Å². The molecule has 18 heavy (non-hydrogen) atoms. The highest BCUT2D eigenvalue weighted by atomic mass is 16.5. The van der Waals surface area contributed by atoms with Gasteiger partial charge in [-0.25, -0.2) is 4.79 Å². The first-order chi connectivity index (χ1) is 8.67. The van der Waals surface area contributed by atoms with Gasteiger partial charge < -0.3 is 15.4 Å². The molecule has 0 aromatic carbocycles. The van der Waals surface area contributed by atoms with Gasteiger partial charge in [0.1, 0.15) is 0 Å². The van der Waals surface area contributed by atoms with E-state index < -0.39 is 0 Å². The van der Waals surface area contributed by atoms with Gasteiger partial charge in [-0.2, -0.15) is 0 Å². The summed E-state index contributed by atoms with van der Waals surface area (Å²) in [4.78, 5) is 11.6. The Morgan fingerprint density at radius 3 is 2.61 bits per heavy atom. The van der Waals surface area contributed by atoms with E-state index in [0.29, 0.717) is 12.1 Å². The van der Waals surface area contributed by atoms with Crippen LogP contribution in [0.15, 0.2) is 0 Å². The van der Waals surface area contributed by atoms with Crippen molar-refractivity contribution in [3.8, 4) is 0 Å². The van der Waals surface area contributed by atoms with Gasteiger partial charge in [-0.3, -0.25) is 0 Å². The molecule has 2 fully saturated rings. The minimum atomic E-state index is 0.00702. The summed E-state index contributed by atoms with van der Waals surface area (Å²) in [6, 6.07) is 0.415. The first-order valence-electron chi connectivity index (χ1n) is 7.33. The molecule has 104 valence electrons. The monoisotopic (exact) mass is 254 g/mol. The molecule has 0 saturated heterocycles. The minimum absolute atomic E-state index is 0.00702. The Balaban J connectivity index is 1.45. The smallest absolute Gasteiger partial charge is 0.315 e. The standard InChI is InChI=1S/C14H26N2O2/c1-3-18-13-8-11(9-13)4-5-15-14(17)16-12-6-10(2)7-12/h10-13H,3-9H2,1-2H3,(H2,15,16,17). The van der Waals surface area contributed by atoms with Gasteiger partial charge in [-0.15, -0.1) is 0 Å². The van der Waals surface area contributed by atoms with Gasteiger partial charge in [0.25, 0.3) is 0 Å². The lowest BCUT2D eigenvalue weighted by Crippen LogP contribution is -2.48. The third kappa shape index (κ3) is 3.87. The second-order valence-corrected chi connectivity index (χ2v) is 5.88. The minimum Gasteiger partial charge on any atom is -0.378 e. The highest BCUT2D eigenvalue weighted by molar-refractivity contribution is 5.74. The fourth-order valence-electron chi connectivity index (χ4n) is 2.93. The number of carbonyl (C=O) groups is 1. The summed E-state index contributed by atoms with van der Waals surface area (Å²) in [6.45, 7) is 5.87. The number of amides is 2. The molecule has 2 N–H and O–H groups in total. The molecule has 0 radical (unpaired) electrons. The van der Waals surface area contributed by atoms with E-state index in [1.54, 1.807) is 0 Å². The molecular weight excluding hydrogens is 228 g/mol. The van der Waals surface area contributed by atoms with Crippen molar-refractivity contribution < 1.29 is 9.53 Å². The van der Waals surface area contributed by atoms with Crippen LogP contribution in [0, 0.1) is 11.8 Å². The van der Waals surface area contributed by atoms with Gasteiger partial charge in [-0.1, -0.05) is 6.92 Å². The summed E-state index contributed by atoms with van der Waals surface area (Å²) >= 11 is 0. The second kappa shape index (κ2) is 6.41. The molecule has 4 heteroatoms. The van der Waals surface area contributed by atoms with Crippen LogP contribution in [0.25, 0.3) is 0 Å². The predicted molar refractivity (Wildman–Crippen MR) is 71.5 cm³/mol. The van der Waals surface area contributed by atoms with Crippen molar-refractivity contribution in [3.05, 3.63) is 0 Å². The molecular formula is C14H26N2O2. The second-order valence-electron chi connectivity index (χ2n) is 5.88. The summed E-state index contributed by atoms with van der Waals surface area (Å²) in [5, 5.41) is 5.96. The molecule has 2 aliphatic rings. The topological polar surface area (TPSA) is 50.4 Å². The summed E-state index contributed by atoms with van der Waals surface area (Å²) in [5.74, 6) is 1.52. The molecule has 0 bridgehead atoms. The van der Waals surface area contributed by atoms with Gasteiger partial charge >= 0.3 is 6.03 Å². The van der Waals surface area contributed by atoms with Gasteiger partial charge in [-0.05, 0) is 50.9 Å². The normalized spacial score (nSPS) is 34.3. The largest absolute Gasteiger partial charge is 0.378 e. The maximum Gasteiger partial charge on any atom is 0.315 e. The fourth-order valence-corrected chi connectivity index (χ4v) is 2.93. The number of rotatable bonds is 6. The summed E-state index contributed by atoms with van der Waals surface area (Å²) in [5.41, 5.74) is 0. The van der Waals surface area contributed by atoms with Crippen molar-refractivity contribution in [1.82, 2.24) is 10.6 Å². The quantitative estimate of drug-likeness (QED) is 0.764. The zero-order valence-electron chi connectivity index (χ0n) is 11.6. The van der Waals surface area contributed by atoms with Gasteiger partial charge in [0.15, 0.2) is 0 Å². The van der Waals surface area contributed by atoms with E-state index >= 15 is 0 Å². The number of hydrogen-bond donors (Lipinski definition) is 2. The molecule has 0 heterocycles. The third-order valence-corrected chi connectivity index (χ3v) is 4.14. The van der Waals surface area contributed by atoms with Crippen LogP contribution in [0.4, 0.5) is 4.79 Å². The van der Waals surface area contributed by atoms with E-state index in [2.05, 4.69) is 17.6 Å². The summed E-state index contributed by atoms with van der Waals surface area (Å²) in [6.07, 6.45) is 6.15. The Morgan fingerprint density at radius 1 is 1.28 bits per heavy atom. The lowest BCUT2D eigenvalue weighted by Gasteiger charge is -2.35. The highest BCUT2D eigenvalue weighted by Crippen LogP contribution is 2.32. The molecule has 0 unspecified atom stereocenters. The van der Waals surface area contributed by atoms with Crippen molar-refractivity contribution in [2.75, 3.05) is 13.2 Å². The molecule has 2 rings (SSSR count). The summed E-state index contributed by atoms with van der Waals surface area (Å²) < 4.78 is 5.52. The molecule has 0 aromatic heterocycles. The van der Waals surface area contributed by atoms with Crippen LogP contribution in [0.5, 0.6) is 0 Å². The van der Waals surface area contributed by atoms with E-state index in [4.69, 9.17) is 4.74 Å². The number of carbonyl (C=O) groups excluding carboxylic acids is 1. The number of nitrogens with one attached hydrogen (secondary N) is 2. The molecule has 0 atom stereocenters. The Labute approximate surface area is 110 Å². The fraction of sp³-hybridized carbons (Fsp3) is 0.929.